The lowest BCUT2D eigenvalue weighted by Crippen LogP contribution is -2.24. The fraction of sp³-hybridized carbons (Fsp3) is 0.462. The average molecular weight is 394 g/mol. The molecule has 0 aliphatic heterocycles. The maximum absolute atomic E-state index is 12.9. The van der Waals surface area contributed by atoms with Crippen LogP contribution in [-0.4, -0.2) is 25.5 Å². The molecule has 0 saturated carbocycles. The number of hydrogen-bond donors (Lipinski definition) is 1. The van der Waals surface area contributed by atoms with E-state index < -0.39 is 17.8 Å². The molecule has 0 aliphatic carbocycles. The number of hydrogen-bond acceptors (Lipinski definition) is 3. The zero-order valence-electron chi connectivity index (χ0n) is 12.7. The first-order chi connectivity index (χ1) is 10.6. The summed E-state index contributed by atoms with van der Waals surface area (Å²) >= 11 is 2.81. The molecule has 1 amide bonds. The van der Waals surface area contributed by atoms with Crippen molar-refractivity contribution in [2.75, 3.05) is 0 Å². The minimum atomic E-state index is -4.60. The van der Waals surface area contributed by atoms with Crippen LogP contribution in [-0.2, 0) is 26.3 Å². The summed E-state index contributed by atoms with van der Waals surface area (Å²) in [6.07, 6.45) is -2.82. The van der Waals surface area contributed by atoms with Crippen LogP contribution in [0.2, 0.25) is 0 Å². The normalized spacial score (nSPS) is 11.8. The summed E-state index contributed by atoms with van der Waals surface area (Å²) in [6.45, 7) is 4.58. The number of aromatic nitrogens is 4. The highest BCUT2D eigenvalue weighted by atomic mass is 79.9. The van der Waals surface area contributed by atoms with Crippen molar-refractivity contribution in [1.29, 1.82) is 0 Å². The minimum absolute atomic E-state index is 0.162. The van der Waals surface area contributed by atoms with Gasteiger partial charge in [-0.1, -0.05) is 0 Å². The molecule has 0 aromatic carbocycles. The third kappa shape index (κ3) is 3.57. The summed E-state index contributed by atoms with van der Waals surface area (Å²) in [5, 5.41) is 10.4. The Hall–Kier alpha value is -1.84. The molecule has 0 atom stereocenters. The second-order valence-corrected chi connectivity index (χ2v) is 5.70. The number of alkyl halides is 3. The molecule has 0 saturated heterocycles. The summed E-state index contributed by atoms with van der Waals surface area (Å²) in [7, 11) is 1.14. The summed E-state index contributed by atoms with van der Waals surface area (Å²) < 4.78 is 40.7. The first kappa shape index (κ1) is 17.5. The Kier molecular flexibility index (Phi) is 4.83. The third-order valence-corrected chi connectivity index (χ3v) is 4.04. The molecule has 0 bridgehead atoms. The van der Waals surface area contributed by atoms with Crippen molar-refractivity contribution in [3.63, 3.8) is 0 Å². The first-order valence-electron chi connectivity index (χ1n) is 6.76. The SMILES string of the molecule is CCn1cc(CNC(=O)c2nn(C)c(C(F)(F)F)c2Br)c(C)n1. The van der Waals surface area contributed by atoms with Crippen molar-refractivity contribution in [2.24, 2.45) is 7.05 Å². The Morgan fingerprint density at radius 3 is 2.52 bits per heavy atom. The molecule has 6 nitrogen and oxygen atoms in total. The van der Waals surface area contributed by atoms with Crippen LogP contribution < -0.4 is 5.32 Å². The van der Waals surface area contributed by atoms with Gasteiger partial charge in [-0.2, -0.15) is 23.4 Å². The van der Waals surface area contributed by atoms with E-state index >= 15 is 0 Å². The van der Waals surface area contributed by atoms with Crippen molar-refractivity contribution >= 4 is 21.8 Å². The molecule has 2 heterocycles. The van der Waals surface area contributed by atoms with Crippen LogP contribution >= 0.6 is 15.9 Å². The number of nitrogens with one attached hydrogen (secondary N) is 1. The van der Waals surface area contributed by atoms with Crippen LogP contribution in [0.25, 0.3) is 0 Å². The van der Waals surface area contributed by atoms with Gasteiger partial charge in [0.25, 0.3) is 5.91 Å². The molecular weight excluding hydrogens is 379 g/mol. The quantitative estimate of drug-likeness (QED) is 0.868. The molecule has 10 heteroatoms. The van der Waals surface area contributed by atoms with Gasteiger partial charge in [-0.05, 0) is 29.8 Å². The van der Waals surface area contributed by atoms with Crippen molar-refractivity contribution in [2.45, 2.75) is 33.1 Å². The molecule has 2 rings (SSSR count). The number of aryl methyl sites for hydroxylation is 3. The van der Waals surface area contributed by atoms with Gasteiger partial charge in [0.1, 0.15) is 0 Å². The molecule has 0 radical (unpaired) electrons. The molecule has 0 spiro atoms. The van der Waals surface area contributed by atoms with Gasteiger partial charge < -0.3 is 5.32 Å². The number of rotatable bonds is 4. The lowest BCUT2D eigenvalue weighted by Gasteiger charge is -2.06. The molecule has 2 aromatic rings. The molecule has 126 valence electrons. The Balaban J connectivity index is 2.17. The second-order valence-electron chi connectivity index (χ2n) is 4.91. The van der Waals surface area contributed by atoms with Crippen LogP contribution in [0.1, 0.15) is 34.4 Å². The molecular formula is C13H15BrF3N5O. The standard InChI is InChI=1S/C13H15BrF3N5O/c1-4-22-6-8(7(2)19-22)5-18-12(23)10-9(14)11(13(15,16)17)21(3)20-10/h6H,4-5H2,1-3H3,(H,18,23). The van der Waals surface area contributed by atoms with Crippen LogP contribution in [0, 0.1) is 6.92 Å². The van der Waals surface area contributed by atoms with E-state index in [2.05, 4.69) is 31.4 Å². The Bertz CT molecular complexity index is 735. The maximum Gasteiger partial charge on any atom is 0.434 e. The number of halogens is 4. The fourth-order valence-electron chi connectivity index (χ4n) is 2.10. The molecule has 0 fully saturated rings. The third-order valence-electron chi connectivity index (χ3n) is 3.28. The predicted molar refractivity (Wildman–Crippen MR) is 79.7 cm³/mol. The van der Waals surface area contributed by atoms with Crippen LogP contribution in [0.15, 0.2) is 10.7 Å². The van der Waals surface area contributed by atoms with E-state index in [1.807, 2.05) is 6.92 Å². The summed E-state index contributed by atoms with van der Waals surface area (Å²) in [6, 6.07) is 0. The van der Waals surface area contributed by atoms with E-state index in [1.54, 1.807) is 17.8 Å². The monoisotopic (exact) mass is 393 g/mol. The lowest BCUT2D eigenvalue weighted by atomic mass is 10.2. The Morgan fingerprint density at radius 2 is 2.04 bits per heavy atom. The van der Waals surface area contributed by atoms with E-state index in [0.29, 0.717) is 11.2 Å². The number of amides is 1. The Labute approximate surface area is 138 Å². The number of carbonyl (C=O) groups is 1. The highest BCUT2D eigenvalue weighted by Crippen LogP contribution is 2.36. The van der Waals surface area contributed by atoms with Gasteiger partial charge in [0.15, 0.2) is 11.4 Å². The summed E-state index contributed by atoms with van der Waals surface area (Å²) in [5.41, 5.74) is 0.240. The average Bonchev–Trinajstić information content (AvgIpc) is 2.95. The first-order valence-corrected chi connectivity index (χ1v) is 7.55. The summed E-state index contributed by atoms with van der Waals surface area (Å²) in [4.78, 5) is 12.1. The molecule has 23 heavy (non-hydrogen) atoms. The predicted octanol–water partition coefficient (Wildman–Crippen LogP) is 2.66. The highest BCUT2D eigenvalue weighted by molar-refractivity contribution is 9.10. The van der Waals surface area contributed by atoms with Gasteiger partial charge in [0.2, 0.25) is 0 Å². The van der Waals surface area contributed by atoms with Gasteiger partial charge in [0.05, 0.1) is 10.2 Å². The van der Waals surface area contributed by atoms with Crippen molar-refractivity contribution in [3.05, 3.63) is 33.3 Å². The van der Waals surface area contributed by atoms with Crippen LogP contribution in [0.5, 0.6) is 0 Å². The van der Waals surface area contributed by atoms with Crippen molar-refractivity contribution in [3.8, 4) is 0 Å². The molecule has 2 aromatic heterocycles. The van der Waals surface area contributed by atoms with Gasteiger partial charge >= 0.3 is 6.18 Å². The number of nitrogens with zero attached hydrogens (tertiary/aromatic N) is 4. The van der Waals surface area contributed by atoms with E-state index in [4.69, 9.17) is 0 Å². The van der Waals surface area contributed by atoms with Gasteiger partial charge in [-0.25, -0.2) is 0 Å². The van der Waals surface area contributed by atoms with E-state index in [1.165, 1.54) is 0 Å². The van der Waals surface area contributed by atoms with E-state index in [0.717, 1.165) is 18.3 Å². The molecule has 0 unspecified atom stereocenters. The molecule has 1 N–H and O–H groups in total. The zero-order valence-corrected chi connectivity index (χ0v) is 14.3. The smallest absolute Gasteiger partial charge is 0.346 e. The second kappa shape index (κ2) is 6.34. The zero-order chi connectivity index (χ0) is 17.4. The topological polar surface area (TPSA) is 64.7 Å². The summed E-state index contributed by atoms with van der Waals surface area (Å²) in [5.74, 6) is -0.688. The van der Waals surface area contributed by atoms with Crippen molar-refractivity contribution < 1.29 is 18.0 Å². The highest BCUT2D eigenvalue weighted by Gasteiger charge is 2.39. The minimum Gasteiger partial charge on any atom is -0.346 e. The maximum atomic E-state index is 12.9. The lowest BCUT2D eigenvalue weighted by molar-refractivity contribution is -0.144. The van der Waals surface area contributed by atoms with Crippen LogP contribution in [0.3, 0.4) is 0 Å². The van der Waals surface area contributed by atoms with Gasteiger partial charge in [-0.3, -0.25) is 14.2 Å². The van der Waals surface area contributed by atoms with Gasteiger partial charge in [-0.15, -0.1) is 0 Å². The number of carbonyl (C=O) groups excluding carboxylic acids is 1. The van der Waals surface area contributed by atoms with Crippen molar-refractivity contribution in [1.82, 2.24) is 24.9 Å². The van der Waals surface area contributed by atoms with E-state index in [-0.39, 0.29) is 16.7 Å². The van der Waals surface area contributed by atoms with E-state index in [9.17, 15) is 18.0 Å². The Morgan fingerprint density at radius 1 is 1.39 bits per heavy atom. The van der Waals surface area contributed by atoms with Gasteiger partial charge in [0, 0.05) is 31.9 Å². The van der Waals surface area contributed by atoms with Crippen LogP contribution in [0.4, 0.5) is 13.2 Å². The fourth-order valence-corrected chi connectivity index (χ4v) is 2.85. The molecule has 0 aliphatic rings. The largest absolute Gasteiger partial charge is 0.434 e.